The van der Waals surface area contributed by atoms with E-state index in [1.165, 1.54) is 32.1 Å². The van der Waals surface area contributed by atoms with Crippen LogP contribution in [0, 0.1) is 5.92 Å². The van der Waals surface area contributed by atoms with E-state index in [1.54, 1.807) is 0 Å². The van der Waals surface area contributed by atoms with Crippen molar-refractivity contribution in [1.29, 1.82) is 0 Å². The predicted molar refractivity (Wildman–Crippen MR) is 71.2 cm³/mol. The van der Waals surface area contributed by atoms with Gasteiger partial charge in [0.15, 0.2) is 0 Å². The molecule has 4 nitrogen and oxygen atoms in total. The van der Waals surface area contributed by atoms with Crippen molar-refractivity contribution < 1.29 is 9.90 Å². The topological polar surface area (TPSA) is 61.4 Å². The molecule has 1 heterocycles. The minimum atomic E-state index is -0.0941. The number of carbonyl (C=O) groups is 1. The Kier molecular flexibility index (Phi) is 5.01. The van der Waals surface area contributed by atoms with Gasteiger partial charge in [0.1, 0.15) is 0 Å². The average Bonchev–Trinajstić information content (AvgIpc) is 2.44. The Morgan fingerprint density at radius 1 is 1.33 bits per heavy atom. The molecule has 3 N–H and O–H groups in total. The first-order chi connectivity index (χ1) is 8.74. The molecule has 1 saturated heterocycles. The molecule has 0 aromatic carbocycles. The van der Waals surface area contributed by atoms with E-state index in [0.29, 0.717) is 6.04 Å². The molecule has 2 aliphatic rings. The van der Waals surface area contributed by atoms with Gasteiger partial charge < -0.3 is 15.7 Å². The van der Waals surface area contributed by atoms with Crippen molar-refractivity contribution in [2.75, 3.05) is 6.61 Å². The van der Waals surface area contributed by atoms with Gasteiger partial charge in [-0.3, -0.25) is 4.79 Å². The number of hydrogen-bond donors (Lipinski definition) is 3. The van der Waals surface area contributed by atoms with Gasteiger partial charge in [0, 0.05) is 6.04 Å². The number of aliphatic hydroxyl groups is 1. The van der Waals surface area contributed by atoms with Crippen LogP contribution < -0.4 is 10.6 Å². The van der Waals surface area contributed by atoms with Crippen LogP contribution in [0.1, 0.15) is 51.9 Å². The third-order valence-electron chi connectivity index (χ3n) is 4.53. The lowest BCUT2D eigenvalue weighted by Gasteiger charge is -2.40. The van der Waals surface area contributed by atoms with Gasteiger partial charge in [-0.05, 0) is 38.0 Å². The predicted octanol–water partition coefficient (Wildman–Crippen LogP) is 1.18. The molecule has 18 heavy (non-hydrogen) atoms. The Hall–Kier alpha value is -0.610. The maximum absolute atomic E-state index is 12.1. The second-order valence-corrected chi connectivity index (χ2v) is 5.74. The van der Waals surface area contributed by atoms with Crippen LogP contribution in [0.2, 0.25) is 0 Å². The molecule has 4 atom stereocenters. The summed E-state index contributed by atoms with van der Waals surface area (Å²) in [7, 11) is 0. The fourth-order valence-electron chi connectivity index (χ4n) is 3.28. The van der Waals surface area contributed by atoms with E-state index < -0.39 is 0 Å². The first kappa shape index (κ1) is 13.8. The summed E-state index contributed by atoms with van der Waals surface area (Å²) in [5.41, 5.74) is 0. The molecule has 4 heteroatoms. The number of fused-ring (bicyclic) bond motifs is 1. The normalized spacial score (nSPS) is 33.6. The summed E-state index contributed by atoms with van der Waals surface area (Å²) < 4.78 is 0. The number of piperidine rings is 1. The third kappa shape index (κ3) is 3.23. The zero-order chi connectivity index (χ0) is 13.0. The zero-order valence-electron chi connectivity index (χ0n) is 11.3. The highest BCUT2D eigenvalue weighted by Crippen LogP contribution is 2.32. The summed E-state index contributed by atoms with van der Waals surface area (Å²) in [5, 5.41) is 15.6. The van der Waals surface area contributed by atoms with E-state index >= 15 is 0 Å². The van der Waals surface area contributed by atoms with Gasteiger partial charge in [-0.25, -0.2) is 0 Å². The second kappa shape index (κ2) is 6.53. The molecule has 1 aliphatic heterocycles. The van der Waals surface area contributed by atoms with Crippen molar-refractivity contribution >= 4 is 5.91 Å². The lowest BCUT2D eigenvalue weighted by atomic mass is 9.77. The van der Waals surface area contributed by atoms with Gasteiger partial charge in [0.2, 0.25) is 5.91 Å². The van der Waals surface area contributed by atoms with Gasteiger partial charge in [-0.1, -0.05) is 19.8 Å². The van der Waals surface area contributed by atoms with Gasteiger partial charge in [0.25, 0.3) is 0 Å². The fourth-order valence-corrected chi connectivity index (χ4v) is 3.28. The number of aliphatic hydroxyl groups excluding tert-OH is 1. The highest BCUT2D eigenvalue weighted by atomic mass is 16.3. The van der Waals surface area contributed by atoms with Crippen molar-refractivity contribution in [1.82, 2.24) is 10.6 Å². The molecule has 2 fully saturated rings. The smallest absolute Gasteiger partial charge is 0.237 e. The molecule has 0 bridgehead atoms. The third-order valence-corrected chi connectivity index (χ3v) is 4.53. The monoisotopic (exact) mass is 254 g/mol. The highest BCUT2D eigenvalue weighted by molar-refractivity contribution is 5.82. The van der Waals surface area contributed by atoms with Crippen LogP contribution in [0.25, 0.3) is 0 Å². The highest BCUT2D eigenvalue weighted by Gasteiger charge is 2.34. The summed E-state index contributed by atoms with van der Waals surface area (Å²) in [6.07, 6.45) is 8.06. The van der Waals surface area contributed by atoms with E-state index in [0.717, 1.165) is 18.8 Å². The molecular weight excluding hydrogens is 228 g/mol. The molecule has 0 aromatic rings. The largest absolute Gasteiger partial charge is 0.394 e. The number of rotatable bonds is 4. The molecule has 104 valence electrons. The summed E-state index contributed by atoms with van der Waals surface area (Å²) in [6.45, 7) is 2.01. The summed E-state index contributed by atoms with van der Waals surface area (Å²) in [4.78, 5) is 12.1. The Morgan fingerprint density at radius 3 is 2.83 bits per heavy atom. The van der Waals surface area contributed by atoms with E-state index in [2.05, 4.69) is 10.6 Å². The second-order valence-electron chi connectivity index (χ2n) is 5.74. The lowest BCUT2D eigenvalue weighted by molar-refractivity contribution is -0.125. The van der Waals surface area contributed by atoms with Crippen molar-refractivity contribution in [3.8, 4) is 0 Å². The number of carbonyl (C=O) groups excluding carboxylic acids is 1. The molecule has 1 amide bonds. The number of amides is 1. The van der Waals surface area contributed by atoms with Crippen LogP contribution in [0.5, 0.6) is 0 Å². The average molecular weight is 254 g/mol. The van der Waals surface area contributed by atoms with E-state index in [9.17, 15) is 4.79 Å². The van der Waals surface area contributed by atoms with Crippen molar-refractivity contribution in [2.24, 2.45) is 5.92 Å². The standard InChI is InChI=1S/C14H26N2O2/c1-2-11(9-17)15-14(18)13-8-7-10-5-3-4-6-12(10)16-13/h10-13,16-17H,2-9H2,1H3,(H,15,18). The van der Waals surface area contributed by atoms with Crippen molar-refractivity contribution in [3.05, 3.63) is 0 Å². The Morgan fingerprint density at radius 2 is 2.11 bits per heavy atom. The summed E-state index contributed by atoms with van der Waals surface area (Å²) >= 11 is 0. The van der Waals surface area contributed by atoms with Gasteiger partial charge in [-0.15, -0.1) is 0 Å². The van der Waals surface area contributed by atoms with Crippen LogP contribution >= 0.6 is 0 Å². The molecule has 1 aliphatic carbocycles. The quantitative estimate of drug-likeness (QED) is 0.706. The van der Waals surface area contributed by atoms with Crippen LogP contribution in [0.15, 0.2) is 0 Å². The van der Waals surface area contributed by atoms with Crippen LogP contribution in [-0.2, 0) is 4.79 Å². The molecule has 0 spiro atoms. The minimum absolute atomic E-state index is 0.0288. The SMILES string of the molecule is CCC(CO)NC(=O)C1CCC2CCCCC2N1. The van der Waals surface area contributed by atoms with Gasteiger partial charge in [0.05, 0.1) is 18.7 Å². The summed E-state index contributed by atoms with van der Waals surface area (Å²) in [6, 6.07) is 0.394. The first-order valence-electron chi connectivity index (χ1n) is 7.41. The molecule has 0 radical (unpaired) electrons. The lowest BCUT2D eigenvalue weighted by Crippen LogP contribution is -2.56. The van der Waals surface area contributed by atoms with Crippen LogP contribution in [-0.4, -0.2) is 35.7 Å². The molecule has 1 saturated carbocycles. The minimum Gasteiger partial charge on any atom is -0.394 e. The summed E-state index contributed by atoms with van der Waals surface area (Å²) in [5.74, 6) is 0.850. The molecule has 0 aromatic heterocycles. The first-order valence-corrected chi connectivity index (χ1v) is 7.41. The van der Waals surface area contributed by atoms with E-state index in [-0.39, 0.29) is 24.6 Å². The number of hydrogen-bond acceptors (Lipinski definition) is 3. The maximum Gasteiger partial charge on any atom is 0.237 e. The van der Waals surface area contributed by atoms with Crippen molar-refractivity contribution in [2.45, 2.75) is 70.0 Å². The molecular formula is C14H26N2O2. The molecule has 2 rings (SSSR count). The van der Waals surface area contributed by atoms with Gasteiger partial charge in [-0.2, -0.15) is 0 Å². The van der Waals surface area contributed by atoms with Crippen LogP contribution in [0.3, 0.4) is 0 Å². The zero-order valence-corrected chi connectivity index (χ0v) is 11.3. The van der Waals surface area contributed by atoms with Gasteiger partial charge >= 0.3 is 0 Å². The Bertz CT molecular complexity index is 279. The molecule has 4 unspecified atom stereocenters. The fraction of sp³-hybridized carbons (Fsp3) is 0.929. The van der Waals surface area contributed by atoms with Crippen molar-refractivity contribution in [3.63, 3.8) is 0 Å². The van der Waals surface area contributed by atoms with Crippen LogP contribution in [0.4, 0.5) is 0 Å². The van der Waals surface area contributed by atoms with E-state index in [1.807, 2.05) is 6.92 Å². The Balaban J connectivity index is 1.84. The maximum atomic E-state index is 12.1. The Labute approximate surface area is 110 Å². The van der Waals surface area contributed by atoms with E-state index in [4.69, 9.17) is 5.11 Å². The number of nitrogens with one attached hydrogen (secondary N) is 2.